The quantitative estimate of drug-likeness (QED) is 0.550. The topological polar surface area (TPSA) is 87.7 Å². The molecule has 1 saturated heterocycles. The van der Waals surface area contributed by atoms with Crippen molar-refractivity contribution in [3.8, 4) is 5.75 Å². The van der Waals surface area contributed by atoms with Crippen molar-refractivity contribution >= 4 is 11.9 Å². The van der Waals surface area contributed by atoms with E-state index < -0.39 is 23.9 Å². The molecule has 2 unspecified atom stereocenters. The van der Waals surface area contributed by atoms with E-state index in [0.29, 0.717) is 19.6 Å². The Morgan fingerprint density at radius 3 is 2.03 bits per heavy atom. The number of amides is 1. The first kappa shape index (κ1) is 27.0. The van der Waals surface area contributed by atoms with E-state index in [0.717, 1.165) is 29.0 Å². The molecule has 12 heteroatoms. The maximum absolute atomic E-state index is 12.7. The fourth-order valence-corrected chi connectivity index (χ4v) is 3.29. The van der Waals surface area contributed by atoms with Gasteiger partial charge in [-0.1, -0.05) is 24.3 Å². The van der Waals surface area contributed by atoms with Gasteiger partial charge < -0.3 is 20.5 Å². The summed E-state index contributed by atoms with van der Waals surface area (Å²) in [6, 6.07) is 12.5. The third kappa shape index (κ3) is 7.65. The standard InChI is InChI=1S/C20H21F3N2O2.C2HF3O2/c1-27-16-8-2-13(3-9-16)10-25-19(26)18-12-24-11-17(18)14-4-6-15(7-5-14)20(21,22)23;3-2(4,5)1(6)7/h2-9,17-18,24H,10-12H2,1H3,(H,25,26);(H,6,7). The number of halogens is 6. The Hall–Kier alpha value is -3.28. The van der Waals surface area contributed by atoms with Crippen LogP contribution in [-0.2, 0) is 22.3 Å². The number of rotatable bonds is 5. The third-order valence-corrected chi connectivity index (χ3v) is 5.09. The van der Waals surface area contributed by atoms with E-state index in [-0.39, 0.29) is 17.7 Å². The molecule has 34 heavy (non-hydrogen) atoms. The van der Waals surface area contributed by atoms with E-state index in [1.54, 1.807) is 7.11 Å². The highest BCUT2D eigenvalue weighted by Gasteiger charge is 2.38. The zero-order chi connectivity index (χ0) is 25.5. The molecule has 0 bridgehead atoms. The molecule has 0 radical (unpaired) electrons. The van der Waals surface area contributed by atoms with Gasteiger partial charge in [0.2, 0.25) is 5.91 Å². The number of carboxylic acid groups (broad SMARTS) is 1. The van der Waals surface area contributed by atoms with Gasteiger partial charge in [0.25, 0.3) is 0 Å². The fourth-order valence-electron chi connectivity index (χ4n) is 3.29. The molecule has 186 valence electrons. The van der Waals surface area contributed by atoms with Crippen LogP contribution in [0.2, 0.25) is 0 Å². The molecule has 1 heterocycles. The molecule has 1 aliphatic rings. The van der Waals surface area contributed by atoms with Gasteiger partial charge in [0.15, 0.2) is 0 Å². The summed E-state index contributed by atoms with van der Waals surface area (Å²) in [5, 5.41) is 13.2. The van der Waals surface area contributed by atoms with Crippen LogP contribution in [0.25, 0.3) is 0 Å². The molecule has 2 aromatic rings. The van der Waals surface area contributed by atoms with E-state index in [2.05, 4.69) is 10.6 Å². The third-order valence-electron chi connectivity index (χ3n) is 5.09. The average Bonchev–Trinajstić information content (AvgIpc) is 3.27. The number of hydrogen-bond donors (Lipinski definition) is 3. The molecule has 1 fully saturated rings. The summed E-state index contributed by atoms with van der Waals surface area (Å²) in [6.45, 7) is 1.45. The smallest absolute Gasteiger partial charge is 0.490 e. The first-order chi connectivity index (χ1) is 15.8. The second-order valence-corrected chi connectivity index (χ2v) is 7.36. The number of alkyl halides is 6. The van der Waals surface area contributed by atoms with Crippen LogP contribution < -0.4 is 15.4 Å². The SMILES string of the molecule is COc1ccc(CNC(=O)C2CNCC2c2ccc(C(F)(F)F)cc2)cc1.O=C(O)C(F)(F)F. The lowest BCUT2D eigenvalue weighted by molar-refractivity contribution is -0.192. The second kappa shape index (κ2) is 11.2. The predicted octanol–water partition coefficient (Wildman–Crippen LogP) is 3.97. The van der Waals surface area contributed by atoms with Gasteiger partial charge in [-0.25, -0.2) is 4.79 Å². The maximum Gasteiger partial charge on any atom is 0.490 e. The van der Waals surface area contributed by atoms with E-state index in [4.69, 9.17) is 14.6 Å². The molecular formula is C22H22F6N2O4. The first-order valence-electron chi connectivity index (χ1n) is 9.91. The minimum absolute atomic E-state index is 0.110. The van der Waals surface area contributed by atoms with Crippen molar-refractivity contribution in [1.29, 1.82) is 0 Å². The van der Waals surface area contributed by atoms with Crippen LogP contribution in [-0.4, -0.2) is 43.4 Å². The largest absolute Gasteiger partial charge is 0.497 e. The zero-order valence-electron chi connectivity index (χ0n) is 17.8. The lowest BCUT2D eigenvalue weighted by atomic mass is 9.88. The minimum atomic E-state index is -5.08. The molecule has 2 atom stereocenters. The Morgan fingerprint density at radius 2 is 1.56 bits per heavy atom. The van der Waals surface area contributed by atoms with Gasteiger partial charge in [-0.2, -0.15) is 26.3 Å². The van der Waals surface area contributed by atoms with Gasteiger partial charge in [0.05, 0.1) is 18.6 Å². The number of carboxylic acids is 1. The van der Waals surface area contributed by atoms with Gasteiger partial charge in [-0.05, 0) is 35.4 Å². The van der Waals surface area contributed by atoms with Crippen LogP contribution in [0.4, 0.5) is 26.3 Å². The number of nitrogens with one attached hydrogen (secondary N) is 2. The molecule has 6 nitrogen and oxygen atoms in total. The molecule has 3 N–H and O–H groups in total. The zero-order valence-corrected chi connectivity index (χ0v) is 17.8. The molecule has 2 aromatic carbocycles. The average molecular weight is 492 g/mol. The molecule has 0 aliphatic carbocycles. The summed E-state index contributed by atoms with van der Waals surface area (Å²) in [5.74, 6) is -2.59. The number of hydrogen-bond acceptors (Lipinski definition) is 4. The van der Waals surface area contributed by atoms with Crippen molar-refractivity contribution < 1.29 is 45.8 Å². The Morgan fingerprint density at radius 1 is 1.00 bits per heavy atom. The van der Waals surface area contributed by atoms with Gasteiger partial charge in [0, 0.05) is 25.6 Å². The highest BCUT2D eigenvalue weighted by atomic mass is 19.4. The molecule has 0 aromatic heterocycles. The predicted molar refractivity (Wildman–Crippen MR) is 109 cm³/mol. The van der Waals surface area contributed by atoms with Crippen LogP contribution in [0.15, 0.2) is 48.5 Å². The summed E-state index contributed by atoms with van der Waals surface area (Å²) in [6.07, 6.45) is -9.44. The lowest BCUT2D eigenvalue weighted by Crippen LogP contribution is -2.34. The van der Waals surface area contributed by atoms with Crippen LogP contribution in [0.3, 0.4) is 0 Å². The van der Waals surface area contributed by atoms with Crippen molar-refractivity contribution in [1.82, 2.24) is 10.6 Å². The van der Waals surface area contributed by atoms with E-state index in [1.807, 2.05) is 24.3 Å². The molecule has 1 aliphatic heterocycles. The molecule has 3 rings (SSSR count). The number of methoxy groups -OCH3 is 1. The maximum atomic E-state index is 12.7. The summed E-state index contributed by atoms with van der Waals surface area (Å²) < 4.78 is 75.0. The van der Waals surface area contributed by atoms with Crippen molar-refractivity contribution in [3.63, 3.8) is 0 Å². The molecule has 0 saturated carbocycles. The highest BCUT2D eigenvalue weighted by Crippen LogP contribution is 2.33. The number of carbonyl (C=O) groups is 2. The van der Waals surface area contributed by atoms with Crippen LogP contribution >= 0.6 is 0 Å². The van der Waals surface area contributed by atoms with E-state index in [1.165, 1.54) is 12.1 Å². The van der Waals surface area contributed by atoms with Crippen molar-refractivity contribution in [2.45, 2.75) is 24.8 Å². The van der Waals surface area contributed by atoms with Crippen LogP contribution in [0.5, 0.6) is 5.75 Å². The Bertz CT molecular complexity index is 959. The minimum Gasteiger partial charge on any atom is -0.497 e. The number of benzene rings is 2. The van der Waals surface area contributed by atoms with Gasteiger partial charge in [-0.15, -0.1) is 0 Å². The van der Waals surface area contributed by atoms with Gasteiger partial charge in [-0.3, -0.25) is 4.79 Å². The second-order valence-electron chi connectivity index (χ2n) is 7.36. The Balaban J connectivity index is 0.000000509. The first-order valence-corrected chi connectivity index (χ1v) is 9.91. The fraction of sp³-hybridized carbons (Fsp3) is 0.364. The van der Waals surface area contributed by atoms with Crippen molar-refractivity contribution in [2.24, 2.45) is 5.92 Å². The number of carbonyl (C=O) groups excluding carboxylic acids is 1. The van der Waals surface area contributed by atoms with Crippen LogP contribution in [0, 0.1) is 5.92 Å². The van der Waals surface area contributed by atoms with Gasteiger partial charge >= 0.3 is 18.3 Å². The molecular weight excluding hydrogens is 470 g/mol. The van der Waals surface area contributed by atoms with E-state index in [9.17, 15) is 31.1 Å². The summed E-state index contributed by atoms with van der Waals surface area (Å²) in [4.78, 5) is 21.5. The summed E-state index contributed by atoms with van der Waals surface area (Å²) in [7, 11) is 1.59. The molecule has 1 amide bonds. The Labute approximate surface area is 190 Å². The summed E-state index contributed by atoms with van der Waals surface area (Å²) in [5.41, 5.74) is 0.997. The highest BCUT2D eigenvalue weighted by molar-refractivity contribution is 5.80. The normalized spacial score (nSPS) is 18.0. The lowest BCUT2D eigenvalue weighted by Gasteiger charge is -2.19. The Kier molecular flexibility index (Phi) is 8.91. The number of ether oxygens (including phenoxy) is 1. The van der Waals surface area contributed by atoms with Crippen LogP contribution in [0.1, 0.15) is 22.6 Å². The van der Waals surface area contributed by atoms with Crippen molar-refractivity contribution in [3.05, 3.63) is 65.2 Å². The molecule has 0 spiro atoms. The summed E-state index contributed by atoms with van der Waals surface area (Å²) >= 11 is 0. The van der Waals surface area contributed by atoms with Crippen molar-refractivity contribution in [2.75, 3.05) is 20.2 Å². The monoisotopic (exact) mass is 492 g/mol. The number of aliphatic carboxylic acids is 1. The van der Waals surface area contributed by atoms with E-state index >= 15 is 0 Å². The van der Waals surface area contributed by atoms with Gasteiger partial charge in [0.1, 0.15) is 5.75 Å².